The second-order valence-corrected chi connectivity index (χ2v) is 4.43. The minimum absolute atomic E-state index is 0.148. The summed E-state index contributed by atoms with van der Waals surface area (Å²) in [5.41, 5.74) is 0.757. The number of ether oxygens (including phenoxy) is 1. The van der Waals surface area contributed by atoms with E-state index in [0.29, 0.717) is 0 Å². The van der Waals surface area contributed by atoms with Crippen LogP contribution in [0.25, 0.3) is 0 Å². The monoisotopic (exact) mass is 233 g/mol. The van der Waals surface area contributed by atoms with Crippen molar-refractivity contribution in [1.82, 2.24) is 4.90 Å². The van der Waals surface area contributed by atoms with Crippen LogP contribution >= 0.6 is 0 Å². The fraction of sp³-hybridized carbons (Fsp3) is 0.500. The lowest BCUT2D eigenvalue weighted by molar-refractivity contribution is 0.0761. The molecule has 0 saturated carbocycles. The quantitative estimate of drug-likeness (QED) is 0.786. The number of hydrogen-bond donors (Lipinski definition) is 0. The maximum atomic E-state index is 12.2. The Morgan fingerprint density at radius 1 is 1.06 bits per heavy atom. The van der Waals surface area contributed by atoms with Crippen molar-refractivity contribution in [1.29, 1.82) is 0 Å². The van der Waals surface area contributed by atoms with Gasteiger partial charge in [-0.1, -0.05) is 12.8 Å². The van der Waals surface area contributed by atoms with Gasteiger partial charge in [-0.05, 0) is 37.1 Å². The van der Waals surface area contributed by atoms with Crippen LogP contribution in [0.15, 0.2) is 24.3 Å². The van der Waals surface area contributed by atoms with Crippen LogP contribution in [-0.4, -0.2) is 31.0 Å². The van der Waals surface area contributed by atoms with E-state index in [1.54, 1.807) is 7.11 Å². The van der Waals surface area contributed by atoms with Gasteiger partial charge in [-0.25, -0.2) is 0 Å². The summed E-state index contributed by atoms with van der Waals surface area (Å²) in [6.07, 6.45) is 4.74. The standard InChI is InChI=1S/C14H19NO2/c1-17-13-8-6-12(7-9-13)14(16)15-10-4-2-3-5-11-15/h6-9H,2-5,10-11H2,1H3. The molecule has 3 nitrogen and oxygen atoms in total. The summed E-state index contributed by atoms with van der Waals surface area (Å²) >= 11 is 0. The van der Waals surface area contributed by atoms with E-state index in [-0.39, 0.29) is 5.91 Å². The van der Waals surface area contributed by atoms with Gasteiger partial charge in [0.05, 0.1) is 7.11 Å². The Kier molecular flexibility index (Phi) is 4.02. The van der Waals surface area contributed by atoms with E-state index in [1.165, 1.54) is 12.8 Å². The lowest BCUT2D eigenvalue weighted by Crippen LogP contribution is -2.31. The van der Waals surface area contributed by atoms with Crippen molar-refractivity contribution in [2.24, 2.45) is 0 Å². The van der Waals surface area contributed by atoms with E-state index >= 15 is 0 Å². The van der Waals surface area contributed by atoms with E-state index in [2.05, 4.69) is 0 Å². The summed E-state index contributed by atoms with van der Waals surface area (Å²) in [5, 5.41) is 0. The first-order chi connectivity index (χ1) is 8.31. The molecule has 2 rings (SSSR count). The van der Waals surface area contributed by atoms with E-state index in [1.807, 2.05) is 29.2 Å². The highest BCUT2D eigenvalue weighted by atomic mass is 16.5. The predicted molar refractivity (Wildman–Crippen MR) is 67.4 cm³/mol. The Hall–Kier alpha value is -1.51. The molecule has 1 aromatic carbocycles. The minimum atomic E-state index is 0.148. The van der Waals surface area contributed by atoms with Gasteiger partial charge in [-0.2, -0.15) is 0 Å². The Bertz CT molecular complexity index is 364. The zero-order valence-corrected chi connectivity index (χ0v) is 10.3. The molecular weight excluding hydrogens is 214 g/mol. The van der Waals surface area contributed by atoms with Crippen molar-refractivity contribution in [3.8, 4) is 5.75 Å². The number of carbonyl (C=O) groups excluding carboxylic acids is 1. The molecule has 1 aromatic rings. The summed E-state index contributed by atoms with van der Waals surface area (Å²) in [7, 11) is 1.63. The maximum absolute atomic E-state index is 12.2. The van der Waals surface area contributed by atoms with Gasteiger partial charge in [-0.15, -0.1) is 0 Å². The number of likely N-dealkylation sites (tertiary alicyclic amines) is 1. The third kappa shape index (κ3) is 2.99. The lowest BCUT2D eigenvalue weighted by atomic mass is 10.2. The SMILES string of the molecule is COc1ccc(C(=O)N2CCCCCC2)cc1. The fourth-order valence-electron chi connectivity index (χ4n) is 2.19. The molecule has 0 radical (unpaired) electrons. The second kappa shape index (κ2) is 5.71. The molecule has 0 unspecified atom stereocenters. The first-order valence-corrected chi connectivity index (χ1v) is 6.24. The average molecular weight is 233 g/mol. The van der Waals surface area contributed by atoms with Gasteiger partial charge >= 0.3 is 0 Å². The first-order valence-electron chi connectivity index (χ1n) is 6.24. The number of methoxy groups -OCH3 is 1. The van der Waals surface area contributed by atoms with Gasteiger partial charge in [0.25, 0.3) is 5.91 Å². The smallest absolute Gasteiger partial charge is 0.253 e. The lowest BCUT2D eigenvalue weighted by Gasteiger charge is -2.20. The normalized spacial score (nSPS) is 16.4. The number of carbonyl (C=O) groups is 1. The highest BCUT2D eigenvalue weighted by Gasteiger charge is 2.16. The fourth-order valence-corrected chi connectivity index (χ4v) is 2.19. The molecule has 0 aliphatic carbocycles. The van der Waals surface area contributed by atoms with Crippen LogP contribution in [0.2, 0.25) is 0 Å². The van der Waals surface area contributed by atoms with Gasteiger partial charge in [0.1, 0.15) is 5.75 Å². The number of amides is 1. The van der Waals surface area contributed by atoms with Gasteiger partial charge in [-0.3, -0.25) is 4.79 Å². The highest BCUT2D eigenvalue weighted by Crippen LogP contribution is 2.16. The molecule has 1 saturated heterocycles. The Balaban J connectivity index is 2.06. The minimum Gasteiger partial charge on any atom is -0.497 e. The Morgan fingerprint density at radius 2 is 1.65 bits per heavy atom. The topological polar surface area (TPSA) is 29.5 Å². The maximum Gasteiger partial charge on any atom is 0.253 e. The summed E-state index contributed by atoms with van der Waals surface area (Å²) in [4.78, 5) is 14.2. The van der Waals surface area contributed by atoms with Crippen LogP contribution in [0.1, 0.15) is 36.0 Å². The zero-order chi connectivity index (χ0) is 12.1. The van der Waals surface area contributed by atoms with Crippen LogP contribution in [0.3, 0.4) is 0 Å². The van der Waals surface area contributed by atoms with Crippen LogP contribution in [0, 0.1) is 0 Å². The van der Waals surface area contributed by atoms with Crippen molar-refractivity contribution in [2.45, 2.75) is 25.7 Å². The second-order valence-electron chi connectivity index (χ2n) is 4.43. The molecule has 0 N–H and O–H groups in total. The van der Waals surface area contributed by atoms with Crippen LogP contribution in [0.5, 0.6) is 5.75 Å². The van der Waals surface area contributed by atoms with E-state index in [9.17, 15) is 4.79 Å². The molecule has 0 atom stereocenters. The number of benzene rings is 1. The van der Waals surface area contributed by atoms with Gasteiger partial charge in [0.2, 0.25) is 0 Å². The average Bonchev–Trinajstić information content (AvgIpc) is 2.67. The molecule has 92 valence electrons. The van der Waals surface area contributed by atoms with Crippen molar-refractivity contribution in [3.05, 3.63) is 29.8 Å². The van der Waals surface area contributed by atoms with E-state index in [0.717, 1.165) is 37.2 Å². The summed E-state index contributed by atoms with van der Waals surface area (Å²) in [6.45, 7) is 1.79. The molecular formula is C14H19NO2. The third-order valence-electron chi connectivity index (χ3n) is 3.23. The molecule has 0 aromatic heterocycles. The number of rotatable bonds is 2. The Labute approximate surface area is 102 Å². The summed E-state index contributed by atoms with van der Waals surface area (Å²) < 4.78 is 5.09. The molecule has 1 aliphatic heterocycles. The van der Waals surface area contributed by atoms with Gasteiger partial charge < -0.3 is 9.64 Å². The predicted octanol–water partition coefficient (Wildman–Crippen LogP) is 2.71. The molecule has 1 aliphatic rings. The molecule has 0 bridgehead atoms. The van der Waals surface area contributed by atoms with Gasteiger partial charge in [0, 0.05) is 18.7 Å². The zero-order valence-electron chi connectivity index (χ0n) is 10.3. The van der Waals surface area contributed by atoms with Crippen molar-refractivity contribution in [3.63, 3.8) is 0 Å². The van der Waals surface area contributed by atoms with E-state index < -0.39 is 0 Å². The largest absolute Gasteiger partial charge is 0.497 e. The molecule has 0 spiro atoms. The van der Waals surface area contributed by atoms with Crippen LogP contribution < -0.4 is 4.74 Å². The van der Waals surface area contributed by atoms with Crippen molar-refractivity contribution in [2.75, 3.05) is 20.2 Å². The van der Waals surface area contributed by atoms with Crippen LogP contribution in [0.4, 0.5) is 0 Å². The molecule has 1 amide bonds. The molecule has 1 fully saturated rings. The molecule has 3 heteroatoms. The molecule has 17 heavy (non-hydrogen) atoms. The third-order valence-corrected chi connectivity index (χ3v) is 3.23. The number of nitrogens with zero attached hydrogens (tertiary/aromatic N) is 1. The first kappa shape index (κ1) is 12.0. The Morgan fingerprint density at radius 3 is 2.18 bits per heavy atom. The van der Waals surface area contributed by atoms with Gasteiger partial charge in [0.15, 0.2) is 0 Å². The van der Waals surface area contributed by atoms with E-state index in [4.69, 9.17) is 4.74 Å². The van der Waals surface area contributed by atoms with Crippen molar-refractivity contribution >= 4 is 5.91 Å². The molecule has 1 heterocycles. The van der Waals surface area contributed by atoms with Crippen molar-refractivity contribution < 1.29 is 9.53 Å². The summed E-state index contributed by atoms with van der Waals surface area (Å²) in [5.74, 6) is 0.937. The van der Waals surface area contributed by atoms with Crippen LogP contribution in [-0.2, 0) is 0 Å². The summed E-state index contributed by atoms with van der Waals surface area (Å²) in [6, 6.07) is 7.36. The highest BCUT2D eigenvalue weighted by molar-refractivity contribution is 5.94. The number of hydrogen-bond acceptors (Lipinski definition) is 2.